The van der Waals surface area contributed by atoms with Gasteiger partial charge in [-0.2, -0.15) is 0 Å². The van der Waals surface area contributed by atoms with Gasteiger partial charge in [0.2, 0.25) is 0 Å². The molecule has 0 fully saturated rings. The lowest BCUT2D eigenvalue weighted by molar-refractivity contribution is 0.300. The lowest BCUT2D eigenvalue weighted by atomic mass is 10.2. The molecular formula is C15H19BrN2OS. The third-order valence-corrected chi connectivity index (χ3v) is 4.24. The van der Waals surface area contributed by atoms with Crippen molar-refractivity contribution in [1.29, 1.82) is 0 Å². The molecule has 0 saturated carbocycles. The number of aryl methyl sites for hydroxylation is 1. The van der Waals surface area contributed by atoms with Gasteiger partial charge in [-0.1, -0.05) is 13.0 Å². The molecule has 1 aromatic heterocycles. The zero-order valence-electron chi connectivity index (χ0n) is 11.8. The molecule has 0 aliphatic heterocycles. The van der Waals surface area contributed by atoms with Crippen LogP contribution in [0.15, 0.2) is 28.1 Å². The SMILES string of the molecule is CCCNCc1ccc(OCc2csc(C)n2)c(Br)c1. The van der Waals surface area contributed by atoms with Crippen molar-refractivity contribution in [2.75, 3.05) is 6.54 Å². The van der Waals surface area contributed by atoms with Crippen LogP contribution in [-0.2, 0) is 13.2 Å². The summed E-state index contributed by atoms with van der Waals surface area (Å²) in [4.78, 5) is 4.39. The molecular weight excluding hydrogens is 336 g/mol. The Labute approximate surface area is 132 Å². The quantitative estimate of drug-likeness (QED) is 0.753. The van der Waals surface area contributed by atoms with Crippen LogP contribution in [0.4, 0.5) is 0 Å². The van der Waals surface area contributed by atoms with E-state index in [0.717, 1.165) is 40.4 Å². The first-order chi connectivity index (χ1) is 9.69. The van der Waals surface area contributed by atoms with E-state index >= 15 is 0 Å². The Morgan fingerprint density at radius 3 is 2.90 bits per heavy atom. The number of halogens is 1. The predicted molar refractivity (Wildman–Crippen MR) is 87.3 cm³/mol. The summed E-state index contributed by atoms with van der Waals surface area (Å²) in [5.74, 6) is 0.856. The van der Waals surface area contributed by atoms with Gasteiger partial charge in [-0.05, 0) is 53.5 Å². The molecule has 0 radical (unpaired) electrons. The minimum absolute atomic E-state index is 0.510. The highest BCUT2D eigenvalue weighted by molar-refractivity contribution is 9.10. The fourth-order valence-corrected chi connectivity index (χ4v) is 2.95. The van der Waals surface area contributed by atoms with Crippen LogP contribution in [0.3, 0.4) is 0 Å². The van der Waals surface area contributed by atoms with Gasteiger partial charge >= 0.3 is 0 Å². The van der Waals surface area contributed by atoms with Crippen molar-refractivity contribution in [3.63, 3.8) is 0 Å². The molecule has 3 nitrogen and oxygen atoms in total. The maximum atomic E-state index is 5.79. The van der Waals surface area contributed by atoms with Crippen LogP contribution in [0.5, 0.6) is 5.75 Å². The van der Waals surface area contributed by atoms with E-state index in [-0.39, 0.29) is 0 Å². The zero-order valence-corrected chi connectivity index (χ0v) is 14.2. The number of hydrogen-bond donors (Lipinski definition) is 1. The van der Waals surface area contributed by atoms with E-state index in [2.05, 4.69) is 45.3 Å². The van der Waals surface area contributed by atoms with Gasteiger partial charge < -0.3 is 10.1 Å². The average molecular weight is 355 g/mol. The number of nitrogens with one attached hydrogen (secondary N) is 1. The molecule has 0 aliphatic rings. The first kappa shape index (κ1) is 15.5. The molecule has 0 saturated heterocycles. The van der Waals surface area contributed by atoms with E-state index in [1.54, 1.807) is 11.3 Å². The second-order valence-electron chi connectivity index (χ2n) is 4.59. The number of thiazole rings is 1. The summed E-state index contributed by atoms with van der Waals surface area (Å²) < 4.78 is 6.78. The molecule has 5 heteroatoms. The highest BCUT2D eigenvalue weighted by atomic mass is 79.9. The van der Waals surface area contributed by atoms with Gasteiger partial charge in [0, 0.05) is 11.9 Å². The lowest BCUT2D eigenvalue weighted by Gasteiger charge is -2.09. The van der Waals surface area contributed by atoms with Crippen molar-refractivity contribution in [3.05, 3.63) is 44.3 Å². The van der Waals surface area contributed by atoms with E-state index in [0.29, 0.717) is 6.61 Å². The smallest absolute Gasteiger partial charge is 0.134 e. The summed E-state index contributed by atoms with van der Waals surface area (Å²) in [6.45, 7) is 6.61. The molecule has 0 aliphatic carbocycles. The van der Waals surface area contributed by atoms with E-state index in [9.17, 15) is 0 Å². The number of nitrogens with zero attached hydrogens (tertiary/aromatic N) is 1. The molecule has 2 rings (SSSR count). The van der Waals surface area contributed by atoms with Crippen LogP contribution in [0.25, 0.3) is 0 Å². The standard InChI is InChI=1S/C15H19BrN2OS/c1-3-6-17-8-12-4-5-15(14(16)7-12)19-9-13-10-20-11(2)18-13/h4-5,7,10,17H,3,6,8-9H2,1-2H3. The average Bonchev–Trinajstić information content (AvgIpc) is 2.84. The highest BCUT2D eigenvalue weighted by Crippen LogP contribution is 2.27. The van der Waals surface area contributed by atoms with Crippen molar-refractivity contribution < 1.29 is 4.74 Å². The minimum Gasteiger partial charge on any atom is -0.486 e. The van der Waals surface area contributed by atoms with E-state index < -0.39 is 0 Å². The maximum absolute atomic E-state index is 5.79. The van der Waals surface area contributed by atoms with Crippen LogP contribution >= 0.6 is 27.3 Å². The molecule has 20 heavy (non-hydrogen) atoms. The van der Waals surface area contributed by atoms with Crippen LogP contribution in [-0.4, -0.2) is 11.5 Å². The van der Waals surface area contributed by atoms with Gasteiger partial charge in [-0.15, -0.1) is 11.3 Å². The monoisotopic (exact) mass is 354 g/mol. The number of benzene rings is 1. The van der Waals surface area contributed by atoms with Crippen LogP contribution < -0.4 is 10.1 Å². The molecule has 0 unspecified atom stereocenters. The molecule has 1 aromatic carbocycles. The third kappa shape index (κ3) is 4.58. The Kier molecular flexibility index (Phi) is 6.01. The summed E-state index contributed by atoms with van der Waals surface area (Å²) in [7, 11) is 0. The van der Waals surface area contributed by atoms with Gasteiger partial charge in [0.05, 0.1) is 15.2 Å². The van der Waals surface area contributed by atoms with Crippen LogP contribution in [0, 0.1) is 6.92 Å². The fourth-order valence-electron chi connectivity index (χ4n) is 1.81. The first-order valence-electron chi connectivity index (χ1n) is 6.72. The largest absolute Gasteiger partial charge is 0.486 e. The van der Waals surface area contributed by atoms with Crippen molar-refractivity contribution in [1.82, 2.24) is 10.3 Å². The Hall–Kier alpha value is -0.910. The molecule has 0 amide bonds. The molecule has 0 spiro atoms. The van der Waals surface area contributed by atoms with E-state index in [1.807, 2.05) is 18.4 Å². The summed E-state index contributed by atoms with van der Waals surface area (Å²) in [6.07, 6.45) is 1.15. The Morgan fingerprint density at radius 2 is 2.25 bits per heavy atom. The fraction of sp³-hybridized carbons (Fsp3) is 0.400. The number of ether oxygens (including phenoxy) is 1. The predicted octanol–water partition coefficient (Wildman–Crippen LogP) is 4.29. The Morgan fingerprint density at radius 1 is 1.40 bits per heavy atom. The van der Waals surface area contributed by atoms with Crippen LogP contribution in [0.2, 0.25) is 0 Å². The molecule has 0 bridgehead atoms. The topological polar surface area (TPSA) is 34.1 Å². The lowest BCUT2D eigenvalue weighted by Crippen LogP contribution is -2.13. The highest BCUT2D eigenvalue weighted by Gasteiger charge is 2.05. The van der Waals surface area contributed by atoms with Crippen molar-refractivity contribution in [2.24, 2.45) is 0 Å². The van der Waals surface area contributed by atoms with Gasteiger partial charge in [0.25, 0.3) is 0 Å². The van der Waals surface area contributed by atoms with Gasteiger partial charge in [-0.25, -0.2) is 4.98 Å². The minimum atomic E-state index is 0.510. The molecule has 1 heterocycles. The number of hydrogen-bond acceptors (Lipinski definition) is 4. The van der Waals surface area contributed by atoms with Gasteiger partial charge in [0.15, 0.2) is 0 Å². The molecule has 1 N–H and O–H groups in total. The Bertz CT molecular complexity index is 557. The van der Waals surface area contributed by atoms with Crippen molar-refractivity contribution >= 4 is 27.3 Å². The van der Waals surface area contributed by atoms with Crippen LogP contribution in [0.1, 0.15) is 29.6 Å². The zero-order chi connectivity index (χ0) is 14.4. The van der Waals surface area contributed by atoms with E-state index in [1.165, 1.54) is 5.56 Å². The molecule has 2 aromatic rings. The third-order valence-electron chi connectivity index (χ3n) is 2.79. The molecule has 108 valence electrons. The summed E-state index contributed by atoms with van der Waals surface area (Å²) in [6, 6.07) is 6.20. The van der Waals surface area contributed by atoms with Gasteiger partial charge in [-0.3, -0.25) is 0 Å². The van der Waals surface area contributed by atoms with Gasteiger partial charge in [0.1, 0.15) is 12.4 Å². The second kappa shape index (κ2) is 7.76. The number of rotatable bonds is 7. The summed E-state index contributed by atoms with van der Waals surface area (Å²) in [5.41, 5.74) is 2.23. The molecule has 0 atom stereocenters. The Balaban J connectivity index is 1.92. The summed E-state index contributed by atoms with van der Waals surface area (Å²) in [5, 5.41) is 6.49. The van der Waals surface area contributed by atoms with Crippen molar-refractivity contribution in [3.8, 4) is 5.75 Å². The second-order valence-corrected chi connectivity index (χ2v) is 6.50. The maximum Gasteiger partial charge on any atom is 0.134 e. The first-order valence-corrected chi connectivity index (χ1v) is 8.39. The number of aromatic nitrogens is 1. The van der Waals surface area contributed by atoms with E-state index in [4.69, 9.17) is 4.74 Å². The van der Waals surface area contributed by atoms with Crippen molar-refractivity contribution in [2.45, 2.75) is 33.4 Å². The normalized spacial score (nSPS) is 10.8. The summed E-state index contributed by atoms with van der Waals surface area (Å²) >= 11 is 5.21.